The summed E-state index contributed by atoms with van der Waals surface area (Å²) in [6.45, 7) is 2.01. The van der Waals surface area contributed by atoms with Gasteiger partial charge in [0.1, 0.15) is 5.82 Å². The number of aryl methyl sites for hydroxylation is 1. The topological polar surface area (TPSA) is 79.4 Å². The van der Waals surface area contributed by atoms with Crippen LogP contribution in [0.5, 0.6) is 0 Å². The predicted octanol–water partition coefficient (Wildman–Crippen LogP) is 3.44. The van der Waals surface area contributed by atoms with Gasteiger partial charge in [0.25, 0.3) is 17.7 Å². The zero-order valence-electron chi connectivity index (χ0n) is 15.2. The molecule has 1 aliphatic rings. The highest BCUT2D eigenvalue weighted by atomic mass is 16.2. The van der Waals surface area contributed by atoms with E-state index < -0.39 is 0 Å². The Labute approximate surface area is 161 Å². The molecule has 2 aromatic carbocycles. The SMILES string of the molecule is Cc1cccc(NC(=O)c2ccc(CN3C(=O)c4ccccc4C3=O)cc2)n1. The number of hydrogen-bond donors (Lipinski definition) is 1. The van der Waals surface area contributed by atoms with Crippen LogP contribution < -0.4 is 5.32 Å². The number of nitrogens with zero attached hydrogens (tertiary/aromatic N) is 2. The number of fused-ring (bicyclic) bond motifs is 1. The first-order chi connectivity index (χ1) is 13.5. The van der Waals surface area contributed by atoms with Gasteiger partial charge in [0, 0.05) is 11.3 Å². The molecule has 28 heavy (non-hydrogen) atoms. The van der Waals surface area contributed by atoms with E-state index in [9.17, 15) is 14.4 Å². The molecule has 1 aliphatic heterocycles. The molecule has 2 heterocycles. The Morgan fingerprint density at radius 1 is 0.893 bits per heavy atom. The van der Waals surface area contributed by atoms with E-state index in [4.69, 9.17) is 0 Å². The summed E-state index contributed by atoms with van der Waals surface area (Å²) in [5.74, 6) is -0.383. The molecule has 6 nitrogen and oxygen atoms in total. The first kappa shape index (κ1) is 17.6. The largest absolute Gasteiger partial charge is 0.307 e. The van der Waals surface area contributed by atoms with Crippen molar-refractivity contribution in [3.05, 3.63) is 94.7 Å². The summed E-state index contributed by atoms with van der Waals surface area (Å²) in [5.41, 5.74) is 2.89. The third-order valence-corrected chi connectivity index (χ3v) is 4.56. The number of carbonyl (C=O) groups is 3. The van der Waals surface area contributed by atoms with Crippen LogP contribution in [0.15, 0.2) is 66.7 Å². The quantitative estimate of drug-likeness (QED) is 0.713. The Bertz CT molecular complexity index is 1060. The standard InChI is InChI=1S/C22H17N3O3/c1-14-5-4-8-19(23-14)24-20(26)16-11-9-15(10-12-16)13-25-21(27)17-6-2-3-7-18(17)22(25)28/h2-12H,13H2,1H3,(H,23,24,26). The van der Waals surface area contributed by atoms with Crippen LogP contribution in [-0.2, 0) is 6.54 Å². The van der Waals surface area contributed by atoms with E-state index in [1.807, 2.05) is 19.1 Å². The van der Waals surface area contributed by atoms with Gasteiger partial charge < -0.3 is 5.32 Å². The van der Waals surface area contributed by atoms with Gasteiger partial charge in [-0.1, -0.05) is 30.3 Å². The number of rotatable bonds is 4. The lowest BCUT2D eigenvalue weighted by Crippen LogP contribution is -2.29. The van der Waals surface area contributed by atoms with Crippen molar-refractivity contribution in [1.29, 1.82) is 0 Å². The van der Waals surface area contributed by atoms with Gasteiger partial charge in [-0.05, 0) is 48.9 Å². The number of imide groups is 1. The monoisotopic (exact) mass is 371 g/mol. The lowest BCUT2D eigenvalue weighted by molar-refractivity contribution is 0.0642. The summed E-state index contributed by atoms with van der Waals surface area (Å²) in [6.07, 6.45) is 0. The molecule has 0 atom stereocenters. The van der Waals surface area contributed by atoms with E-state index in [0.29, 0.717) is 22.5 Å². The third kappa shape index (κ3) is 3.27. The second kappa shape index (κ2) is 7.08. The molecule has 0 saturated heterocycles. The van der Waals surface area contributed by atoms with Crippen LogP contribution in [0.3, 0.4) is 0 Å². The van der Waals surface area contributed by atoms with Gasteiger partial charge in [-0.25, -0.2) is 4.98 Å². The maximum atomic E-state index is 12.5. The van der Waals surface area contributed by atoms with E-state index in [-0.39, 0.29) is 24.3 Å². The van der Waals surface area contributed by atoms with Crippen LogP contribution in [0.25, 0.3) is 0 Å². The summed E-state index contributed by atoms with van der Waals surface area (Å²) in [4.78, 5) is 42.7. The minimum atomic E-state index is -0.298. The van der Waals surface area contributed by atoms with Crippen LogP contribution in [0.4, 0.5) is 5.82 Å². The lowest BCUT2D eigenvalue weighted by Gasteiger charge is -2.14. The third-order valence-electron chi connectivity index (χ3n) is 4.56. The number of hydrogen-bond acceptors (Lipinski definition) is 4. The average Bonchev–Trinajstić information content (AvgIpc) is 2.94. The van der Waals surface area contributed by atoms with Gasteiger partial charge in [-0.2, -0.15) is 0 Å². The zero-order chi connectivity index (χ0) is 19.7. The molecule has 0 aliphatic carbocycles. The zero-order valence-corrected chi connectivity index (χ0v) is 15.2. The van der Waals surface area contributed by atoms with Gasteiger partial charge in [-0.15, -0.1) is 0 Å². The normalized spacial score (nSPS) is 12.8. The van der Waals surface area contributed by atoms with Gasteiger partial charge in [-0.3, -0.25) is 19.3 Å². The average molecular weight is 371 g/mol. The highest BCUT2D eigenvalue weighted by molar-refractivity contribution is 6.21. The Balaban J connectivity index is 1.46. The van der Waals surface area contributed by atoms with E-state index in [1.165, 1.54) is 4.90 Å². The Kier molecular flexibility index (Phi) is 4.45. The fourth-order valence-electron chi connectivity index (χ4n) is 3.13. The second-order valence-electron chi connectivity index (χ2n) is 6.56. The summed E-state index contributed by atoms with van der Waals surface area (Å²) in [7, 11) is 0. The molecule has 0 unspecified atom stereocenters. The Morgan fingerprint density at radius 3 is 2.14 bits per heavy atom. The molecular weight excluding hydrogens is 354 g/mol. The summed E-state index contributed by atoms with van der Waals surface area (Å²) in [5, 5.41) is 2.75. The molecule has 0 fully saturated rings. The Hall–Kier alpha value is -3.80. The van der Waals surface area contributed by atoms with Crippen molar-refractivity contribution in [2.45, 2.75) is 13.5 Å². The molecule has 1 aromatic heterocycles. The smallest absolute Gasteiger partial charge is 0.261 e. The van der Waals surface area contributed by atoms with Gasteiger partial charge >= 0.3 is 0 Å². The number of benzene rings is 2. The highest BCUT2D eigenvalue weighted by Crippen LogP contribution is 2.24. The van der Waals surface area contributed by atoms with Crippen molar-refractivity contribution in [2.75, 3.05) is 5.32 Å². The molecule has 0 spiro atoms. The van der Waals surface area contributed by atoms with Crippen molar-refractivity contribution >= 4 is 23.5 Å². The first-order valence-corrected chi connectivity index (χ1v) is 8.82. The van der Waals surface area contributed by atoms with E-state index in [1.54, 1.807) is 54.6 Å². The Morgan fingerprint density at radius 2 is 1.54 bits per heavy atom. The van der Waals surface area contributed by atoms with Crippen molar-refractivity contribution in [3.8, 4) is 0 Å². The number of amides is 3. The van der Waals surface area contributed by atoms with Crippen molar-refractivity contribution in [2.24, 2.45) is 0 Å². The summed E-state index contributed by atoms with van der Waals surface area (Å²) in [6, 6.07) is 19.0. The second-order valence-corrected chi connectivity index (χ2v) is 6.56. The van der Waals surface area contributed by atoms with Gasteiger partial charge in [0.05, 0.1) is 17.7 Å². The maximum Gasteiger partial charge on any atom is 0.261 e. The van der Waals surface area contributed by atoms with Gasteiger partial charge in [0.15, 0.2) is 0 Å². The number of carbonyl (C=O) groups excluding carboxylic acids is 3. The van der Waals surface area contributed by atoms with Crippen molar-refractivity contribution in [1.82, 2.24) is 9.88 Å². The number of aromatic nitrogens is 1. The van der Waals surface area contributed by atoms with Crippen molar-refractivity contribution < 1.29 is 14.4 Å². The van der Waals surface area contributed by atoms with E-state index in [2.05, 4.69) is 10.3 Å². The minimum absolute atomic E-state index is 0.160. The van der Waals surface area contributed by atoms with Gasteiger partial charge in [0.2, 0.25) is 0 Å². The van der Waals surface area contributed by atoms with Crippen LogP contribution >= 0.6 is 0 Å². The first-order valence-electron chi connectivity index (χ1n) is 8.82. The summed E-state index contributed by atoms with van der Waals surface area (Å²) < 4.78 is 0. The molecule has 0 bridgehead atoms. The highest BCUT2D eigenvalue weighted by Gasteiger charge is 2.34. The van der Waals surface area contributed by atoms with E-state index >= 15 is 0 Å². The fraction of sp³-hybridized carbons (Fsp3) is 0.0909. The predicted molar refractivity (Wildman–Crippen MR) is 104 cm³/mol. The molecule has 3 aromatic rings. The van der Waals surface area contributed by atoms with Crippen LogP contribution in [0.1, 0.15) is 42.3 Å². The number of anilines is 1. The molecule has 0 saturated carbocycles. The fourth-order valence-corrected chi connectivity index (χ4v) is 3.13. The van der Waals surface area contributed by atoms with Crippen LogP contribution in [-0.4, -0.2) is 27.6 Å². The van der Waals surface area contributed by atoms with Crippen LogP contribution in [0.2, 0.25) is 0 Å². The van der Waals surface area contributed by atoms with E-state index in [0.717, 1.165) is 11.3 Å². The molecular formula is C22H17N3O3. The molecule has 4 rings (SSSR count). The van der Waals surface area contributed by atoms with Crippen LogP contribution in [0, 0.1) is 6.92 Å². The molecule has 6 heteroatoms. The van der Waals surface area contributed by atoms with Crippen molar-refractivity contribution in [3.63, 3.8) is 0 Å². The summed E-state index contributed by atoms with van der Waals surface area (Å²) >= 11 is 0. The molecule has 3 amide bonds. The lowest BCUT2D eigenvalue weighted by atomic mass is 10.1. The molecule has 0 radical (unpaired) electrons. The number of nitrogens with one attached hydrogen (secondary N) is 1. The maximum absolute atomic E-state index is 12.5. The number of pyridine rings is 1. The molecule has 1 N–H and O–H groups in total. The minimum Gasteiger partial charge on any atom is -0.307 e. The molecule has 138 valence electrons.